The molecule has 2 aliphatic heterocycles. The third-order valence-corrected chi connectivity index (χ3v) is 7.00. The number of nitrogens with one attached hydrogen (secondary N) is 2. The van der Waals surface area contributed by atoms with Crippen LogP contribution in [-0.4, -0.2) is 69.9 Å². The molecule has 2 saturated heterocycles. The number of aliphatic hydroxyl groups is 3. The van der Waals surface area contributed by atoms with Gasteiger partial charge >= 0.3 is 0 Å². The molecule has 2 heterocycles. The Morgan fingerprint density at radius 2 is 1.97 bits per heavy atom. The summed E-state index contributed by atoms with van der Waals surface area (Å²) in [6.45, 7) is 2.97. The predicted molar refractivity (Wildman–Crippen MR) is 117 cm³/mol. The molecule has 3 rings (SSSR count). The second-order valence-corrected chi connectivity index (χ2v) is 9.20. The van der Waals surface area contributed by atoms with E-state index in [1.54, 1.807) is 6.26 Å². The van der Waals surface area contributed by atoms with E-state index < -0.39 is 35.9 Å². The van der Waals surface area contributed by atoms with Crippen molar-refractivity contribution in [3.8, 4) is 0 Å². The van der Waals surface area contributed by atoms with E-state index >= 15 is 0 Å². The van der Waals surface area contributed by atoms with Gasteiger partial charge in [0.1, 0.15) is 29.9 Å². The lowest BCUT2D eigenvalue weighted by atomic mass is 9.87. The maximum Gasteiger partial charge on any atom is 0.237 e. The number of carbonyl (C=O) groups excluding carboxylic acids is 1. The van der Waals surface area contributed by atoms with Gasteiger partial charge in [-0.2, -0.15) is 0 Å². The molecular weight excluding hydrogens is 404 g/mol. The Balaban J connectivity index is 1.80. The van der Waals surface area contributed by atoms with E-state index in [1.807, 2.05) is 30.3 Å². The summed E-state index contributed by atoms with van der Waals surface area (Å²) in [6, 6.07) is 8.37. The summed E-state index contributed by atoms with van der Waals surface area (Å²) < 4.78 is 5.96. The fraction of sp³-hybridized carbons (Fsp3) is 0.682. The van der Waals surface area contributed by atoms with Crippen LogP contribution in [0.3, 0.4) is 0 Å². The van der Waals surface area contributed by atoms with Crippen molar-refractivity contribution in [3.63, 3.8) is 0 Å². The van der Waals surface area contributed by atoms with Gasteiger partial charge in [-0.3, -0.25) is 4.79 Å². The van der Waals surface area contributed by atoms with E-state index in [4.69, 9.17) is 4.74 Å². The number of benzene rings is 1. The molecule has 30 heavy (non-hydrogen) atoms. The average Bonchev–Trinajstić information content (AvgIpc) is 2.77. The average molecular weight is 439 g/mol. The molecule has 2 aliphatic rings. The van der Waals surface area contributed by atoms with Crippen molar-refractivity contribution in [3.05, 3.63) is 35.9 Å². The number of amides is 1. The molecule has 168 valence electrons. The fourth-order valence-electron chi connectivity index (χ4n) is 4.48. The highest BCUT2D eigenvalue weighted by molar-refractivity contribution is 7.99. The minimum Gasteiger partial charge on any atom is -0.387 e. The van der Waals surface area contributed by atoms with Gasteiger partial charge in [0.2, 0.25) is 5.91 Å². The minimum absolute atomic E-state index is 0.137. The zero-order valence-corrected chi connectivity index (χ0v) is 18.4. The number of aliphatic hydroxyl groups excluding tert-OH is 3. The Hall–Kier alpha value is -1.16. The number of rotatable bonds is 7. The van der Waals surface area contributed by atoms with Gasteiger partial charge in [-0.1, -0.05) is 50.1 Å². The van der Waals surface area contributed by atoms with Gasteiger partial charge in [0.05, 0.1) is 12.1 Å². The Labute approximate surface area is 182 Å². The highest BCUT2D eigenvalue weighted by Gasteiger charge is 2.47. The number of thioether (sulfide) groups is 1. The molecule has 0 radical (unpaired) electrons. The molecule has 0 spiro atoms. The molecule has 0 aromatic heterocycles. The zero-order chi connectivity index (χ0) is 21.7. The number of carbonyl (C=O) groups is 1. The van der Waals surface area contributed by atoms with Crippen LogP contribution < -0.4 is 10.6 Å². The molecule has 1 amide bonds. The molecule has 1 aromatic rings. The Morgan fingerprint density at radius 3 is 2.63 bits per heavy atom. The molecule has 1 aromatic carbocycles. The smallest absolute Gasteiger partial charge is 0.237 e. The van der Waals surface area contributed by atoms with E-state index in [0.29, 0.717) is 5.92 Å². The predicted octanol–water partition coefficient (Wildman–Crippen LogP) is 1.18. The SMILES string of the molecule is CCCC1CCNC(C(=O)NC(c2ccccc2)C2OC(SC)C(O)C(O)C2O)C1. The van der Waals surface area contributed by atoms with Gasteiger partial charge in [0.25, 0.3) is 0 Å². The fourth-order valence-corrected chi connectivity index (χ4v) is 5.16. The summed E-state index contributed by atoms with van der Waals surface area (Å²) in [7, 11) is 0. The lowest BCUT2D eigenvalue weighted by molar-refractivity contribution is -0.206. The highest BCUT2D eigenvalue weighted by Crippen LogP contribution is 2.34. The molecule has 0 bridgehead atoms. The first-order valence-electron chi connectivity index (χ1n) is 10.8. The number of piperidine rings is 1. The summed E-state index contributed by atoms with van der Waals surface area (Å²) in [5.74, 6) is 0.387. The van der Waals surface area contributed by atoms with Crippen LogP contribution in [0.1, 0.15) is 44.2 Å². The lowest BCUT2D eigenvalue weighted by Crippen LogP contribution is -2.61. The first kappa shape index (κ1) is 23.5. The van der Waals surface area contributed by atoms with Crippen molar-refractivity contribution in [2.24, 2.45) is 5.92 Å². The van der Waals surface area contributed by atoms with Crippen molar-refractivity contribution >= 4 is 17.7 Å². The molecule has 8 heteroatoms. The molecular formula is C22H34N2O5S. The van der Waals surface area contributed by atoms with Gasteiger partial charge in [0.15, 0.2) is 0 Å². The monoisotopic (exact) mass is 438 g/mol. The molecule has 0 saturated carbocycles. The quantitative estimate of drug-likeness (QED) is 0.435. The minimum atomic E-state index is -1.36. The summed E-state index contributed by atoms with van der Waals surface area (Å²) in [5.41, 5.74) is 0.0810. The first-order valence-corrected chi connectivity index (χ1v) is 12.1. The third-order valence-electron chi connectivity index (χ3n) is 6.15. The van der Waals surface area contributed by atoms with E-state index in [0.717, 1.165) is 37.8 Å². The van der Waals surface area contributed by atoms with Gasteiger partial charge in [-0.25, -0.2) is 0 Å². The maximum absolute atomic E-state index is 13.2. The molecule has 5 N–H and O–H groups in total. The molecule has 7 nitrogen and oxygen atoms in total. The van der Waals surface area contributed by atoms with E-state index in [9.17, 15) is 20.1 Å². The molecule has 2 fully saturated rings. The Morgan fingerprint density at radius 1 is 1.23 bits per heavy atom. The van der Waals surface area contributed by atoms with Crippen LogP contribution in [0, 0.1) is 5.92 Å². The van der Waals surface area contributed by atoms with Crippen LogP contribution in [0.2, 0.25) is 0 Å². The lowest BCUT2D eigenvalue weighted by Gasteiger charge is -2.43. The summed E-state index contributed by atoms with van der Waals surface area (Å²) >= 11 is 1.26. The highest BCUT2D eigenvalue weighted by atomic mass is 32.2. The van der Waals surface area contributed by atoms with Crippen molar-refractivity contribution in [2.75, 3.05) is 12.8 Å². The van der Waals surface area contributed by atoms with E-state index in [2.05, 4.69) is 17.6 Å². The van der Waals surface area contributed by atoms with Gasteiger partial charge in [0, 0.05) is 0 Å². The summed E-state index contributed by atoms with van der Waals surface area (Å²) in [4.78, 5) is 13.2. The first-order chi connectivity index (χ1) is 14.5. The van der Waals surface area contributed by atoms with Gasteiger partial charge < -0.3 is 30.7 Å². The zero-order valence-electron chi connectivity index (χ0n) is 17.6. The Kier molecular flexibility index (Phi) is 8.56. The van der Waals surface area contributed by atoms with Gasteiger partial charge in [-0.05, 0) is 37.1 Å². The van der Waals surface area contributed by atoms with Crippen molar-refractivity contribution in [2.45, 2.75) is 74.5 Å². The number of hydrogen-bond acceptors (Lipinski definition) is 7. The van der Waals surface area contributed by atoms with Crippen LogP contribution in [0.15, 0.2) is 30.3 Å². The van der Waals surface area contributed by atoms with Crippen molar-refractivity contribution in [1.82, 2.24) is 10.6 Å². The number of ether oxygens (including phenoxy) is 1. The van der Waals surface area contributed by atoms with Crippen LogP contribution in [0.5, 0.6) is 0 Å². The van der Waals surface area contributed by atoms with E-state index in [1.165, 1.54) is 11.8 Å². The summed E-state index contributed by atoms with van der Waals surface area (Å²) in [5, 5.41) is 37.6. The Bertz CT molecular complexity index is 675. The van der Waals surface area contributed by atoms with Crippen molar-refractivity contribution in [1.29, 1.82) is 0 Å². The van der Waals surface area contributed by atoms with Crippen LogP contribution in [-0.2, 0) is 9.53 Å². The van der Waals surface area contributed by atoms with Crippen LogP contribution in [0.25, 0.3) is 0 Å². The normalized spacial score (nSPS) is 35.6. The van der Waals surface area contributed by atoms with Gasteiger partial charge in [-0.15, -0.1) is 11.8 Å². The standard InChI is InChI=1S/C22H34N2O5S/c1-3-7-13-10-11-23-15(12-13)21(28)24-16(14-8-5-4-6-9-14)20-18(26)17(25)19(27)22(29-20)30-2/h4-6,8-9,13,15-20,22-23,25-27H,3,7,10-12H2,1-2H3,(H,24,28). The molecule has 8 atom stereocenters. The molecule has 0 aliphatic carbocycles. The third kappa shape index (κ3) is 5.36. The molecule has 8 unspecified atom stereocenters. The van der Waals surface area contributed by atoms with Crippen molar-refractivity contribution < 1.29 is 24.9 Å². The largest absolute Gasteiger partial charge is 0.387 e. The number of hydrogen-bond donors (Lipinski definition) is 5. The topological polar surface area (TPSA) is 111 Å². The summed E-state index contributed by atoms with van der Waals surface area (Å²) in [6.07, 6.45) is 1.06. The van der Waals surface area contributed by atoms with Crippen LogP contribution in [0.4, 0.5) is 0 Å². The maximum atomic E-state index is 13.2. The van der Waals surface area contributed by atoms with Crippen LogP contribution >= 0.6 is 11.8 Å². The second-order valence-electron chi connectivity index (χ2n) is 8.26. The second kappa shape index (κ2) is 10.9. The van der Waals surface area contributed by atoms with E-state index in [-0.39, 0.29) is 11.9 Å².